The van der Waals surface area contributed by atoms with E-state index in [1.807, 2.05) is 25.2 Å². The molecule has 0 bridgehead atoms. The number of hydrogen-bond acceptors (Lipinski definition) is 2. The Morgan fingerprint density at radius 3 is 2.30 bits per heavy atom. The topological polar surface area (TPSA) is 15.3 Å². The first-order valence-electron chi connectivity index (χ1n) is 6.98. The third-order valence-corrected chi connectivity index (χ3v) is 4.07. The molecule has 0 spiro atoms. The van der Waals surface area contributed by atoms with Gasteiger partial charge in [-0.25, -0.2) is 4.39 Å². The molecule has 0 aliphatic carbocycles. The lowest BCUT2D eigenvalue weighted by molar-refractivity contribution is 0.599. The van der Waals surface area contributed by atoms with Gasteiger partial charge in [0.15, 0.2) is 0 Å². The van der Waals surface area contributed by atoms with Crippen LogP contribution in [-0.4, -0.2) is 7.05 Å². The molecule has 3 rings (SSSR count). The first-order valence-corrected chi connectivity index (χ1v) is 6.98. The van der Waals surface area contributed by atoms with Gasteiger partial charge in [0, 0.05) is 19.1 Å². The summed E-state index contributed by atoms with van der Waals surface area (Å²) in [7, 11) is 1.90. The molecule has 0 aromatic heterocycles. The highest BCUT2D eigenvalue weighted by molar-refractivity contribution is 5.59. The molecular formula is C17H19FN2. The molecule has 20 heavy (non-hydrogen) atoms. The van der Waals surface area contributed by atoms with Crippen LogP contribution >= 0.6 is 0 Å². The Hall–Kier alpha value is -1.87. The lowest BCUT2D eigenvalue weighted by Gasteiger charge is -2.25. The van der Waals surface area contributed by atoms with Gasteiger partial charge in [-0.15, -0.1) is 0 Å². The first-order chi connectivity index (χ1) is 9.70. The van der Waals surface area contributed by atoms with Gasteiger partial charge in [0.2, 0.25) is 0 Å². The van der Waals surface area contributed by atoms with E-state index in [2.05, 4.69) is 29.3 Å². The number of benzene rings is 2. The van der Waals surface area contributed by atoms with E-state index < -0.39 is 0 Å². The molecule has 1 heterocycles. The number of halogens is 1. The van der Waals surface area contributed by atoms with Crippen LogP contribution in [0.25, 0.3) is 0 Å². The Labute approximate surface area is 119 Å². The van der Waals surface area contributed by atoms with E-state index in [1.165, 1.54) is 11.1 Å². The van der Waals surface area contributed by atoms with E-state index in [0.717, 1.165) is 24.3 Å². The maximum atomic E-state index is 14.4. The Balaban J connectivity index is 2.00. The Bertz CT molecular complexity index is 599. The highest BCUT2D eigenvalue weighted by Crippen LogP contribution is 2.35. The van der Waals surface area contributed by atoms with Gasteiger partial charge in [-0.3, -0.25) is 0 Å². The minimum atomic E-state index is -0.141. The average Bonchev–Trinajstić information content (AvgIpc) is 2.89. The van der Waals surface area contributed by atoms with Crippen LogP contribution in [0.15, 0.2) is 42.5 Å². The fourth-order valence-corrected chi connectivity index (χ4v) is 2.86. The molecule has 0 fully saturated rings. The summed E-state index contributed by atoms with van der Waals surface area (Å²) in [5, 5.41) is 3.20. The van der Waals surface area contributed by atoms with Crippen LogP contribution in [-0.2, 0) is 13.1 Å². The van der Waals surface area contributed by atoms with Gasteiger partial charge in [0.05, 0.1) is 5.69 Å². The molecule has 1 aliphatic heterocycles. The average molecular weight is 270 g/mol. The van der Waals surface area contributed by atoms with E-state index in [-0.39, 0.29) is 11.9 Å². The van der Waals surface area contributed by atoms with E-state index in [0.29, 0.717) is 0 Å². The van der Waals surface area contributed by atoms with Gasteiger partial charge >= 0.3 is 0 Å². The maximum Gasteiger partial charge on any atom is 0.146 e. The second-order valence-corrected chi connectivity index (χ2v) is 5.31. The highest BCUT2D eigenvalue weighted by atomic mass is 19.1. The molecular weight excluding hydrogens is 251 g/mol. The zero-order chi connectivity index (χ0) is 14.1. The Morgan fingerprint density at radius 2 is 1.70 bits per heavy atom. The zero-order valence-electron chi connectivity index (χ0n) is 11.9. The van der Waals surface area contributed by atoms with Crippen LogP contribution < -0.4 is 10.2 Å². The third kappa shape index (κ3) is 2.18. The highest BCUT2D eigenvalue weighted by Gasteiger charge is 2.24. The maximum absolute atomic E-state index is 14.4. The SMILES string of the molecule is CNC(C)c1cccc(F)c1N1Cc2ccccc2C1. The van der Waals surface area contributed by atoms with Crippen molar-refractivity contribution < 1.29 is 4.39 Å². The quantitative estimate of drug-likeness (QED) is 0.916. The van der Waals surface area contributed by atoms with Crippen molar-refractivity contribution in [2.45, 2.75) is 26.1 Å². The van der Waals surface area contributed by atoms with Crippen molar-refractivity contribution in [3.8, 4) is 0 Å². The Morgan fingerprint density at radius 1 is 1.05 bits per heavy atom. The Kier molecular flexibility index (Phi) is 3.45. The van der Waals surface area contributed by atoms with Crippen LogP contribution in [0.5, 0.6) is 0 Å². The summed E-state index contributed by atoms with van der Waals surface area (Å²) in [5.41, 5.74) is 4.32. The molecule has 1 N–H and O–H groups in total. The lowest BCUT2D eigenvalue weighted by atomic mass is 10.0. The van der Waals surface area contributed by atoms with Gasteiger partial charge in [0.25, 0.3) is 0 Å². The van der Waals surface area contributed by atoms with Gasteiger partial charge in [0.1, 0.15) is 5.82 Å². The molecule has 2 aromatic rings. The molecule has 2 nitrogen and oxygen atoms in total. The minimum absolute atomic E-state index is 0.129. The second kappa shape index (κ2) is 5.25. The van der Waals surface area contributed by atoms with Gasteiger partial charge in [-0.1, -0.05) is 36.4 Å². The predicted octanol–water partition coefficient (Wildman–Crippen LogP) is 3.63. The third-order valence-electron chi connectivity index (χ3n) is 4.07. The van der Waals surface area contributed by atoms with Crippen LogP contribution in [0.2, 0.25) is 0 Å². The van der Waals surface area contributed by atoms with Crippen molar-refractivity contribution in [3.63, 3.8) is 0 Å². The van der Waals surface area contributed by atoms with Crippen molar-refractivity contribution >= 4 is 5.69 Å². The van der Waals surface area contributed by atoms with E-state index >= 15 is 0 Å². The van der Waals surface area contributed by atoms with Crippen molar-refractivity contribution in [1.82, 2.24) is 5.32 Å². The zero-order valence-corrected chi connectivity index (χ0v) is 11.9. The summed E-state index contributed by atoms with van der Waals surface area (Å²) in [5.74, 6) is -0.141. The van der Waals surface area contributed by atoms with Crippen LogP contribution in [0.1, 0.15) is 29.7 Å². The van der Waals surface area contributed by atoms with E-state index in [9.17, 15) is 4.39 Å². The largest absolute Gasteiger partial charge is 0.360 e. The van der Waals surface area contributed by atoms with Crippen LogP contribution in [0, 0.1) is 5.82 Å². The summed E-state index contributed by atoms with van der Waals surface area (Å²) in [6, 6.07) is 13.8. The number of anilines is 1. The molecule has 0 saturated carbocycles. The summed E-state index contributed by atoms with van der Waals surface area (Å²) < 4.78 is 14.4. The minimum Gasteiger partial charge on any atom is -0.360 e. The van der Waals surface area contributed by atoms with Crippen molar-refractivity contribution in [1.29, 1.82) is 0 Å². The number of hydrogen-bond donors (Lipinski definition) is 1. The molecule has 1 aliphatic rings. The number of rotatable bonds is 3. The number of fused-ring (bicyclic) bond motifs is 1. The summed E-state index contributed by atoms with van der Waals surface area (Å²) in [6.45, 7) is 3.61. The fraction of sp³-hybridized carbons (Fsp3) is 0.294. The molecule has 2 aromatic carbocycles. The summed E-state index contributed by atoms with van der Waals surface area (Å²) in [6.07, 6.45) is 0. The van der Waals surface area contributed by atoms with Crippen molar-refractivity contribution in [2.24, 2.45) is 0 Å². The lowest BCUT2D eigenvalue weighted by Crippen LogP contribution is -2.22. The summed E-state index contributed by atoms with van der Waals surface area (Å²) in [4.78, 5) is 2.13. The molecule has 1 atom stereocenters. The molecule has 3 heteroatoms. The van der Waals surface area contributed by atoms with Crippen LogP contribution in [0.3, 0.4) is 0 Å². The molecule has 1 unspecified atom stereocenters. The molecule has 0 amide bonds. The number of para-hydroxylation sites is 1. The smallest absolute Gasteiger partial charge is 0.146 e. The molecule has 0 radical (unpaired) electrons. The predicted molar refractivity (Wildman–Crippen MR) is 80.2 cm³/mol. The first kappa shape index (κ1) is 13.1. The van der Waals surface area contributed by atoms with Crippen molar-refractivity contribution in [3.05, 3.63) is 65.0 Å². The van der Waals surface area contributed by atoms with E-state index in [4.69, 9.17) is 0 Å². The second-order valence-electron chi connectivity index (χ2n) is 5.31. The number of nitrogens with zero attached hydrogens (tertiary/aromatic N) is 1. The van der Waals surface area contributed by atoms with Gasteiger partial charge < -0.3 is 10.2 Å². The molecule has 0 saturated heterocycles. The monoisotopic (exact) mass is 270 g/mol. The van der Waals surface area contributed by atoms with E-state index in [1.54, 1.807) is 12.1 Å². The molecule has 104 valence electrons. The van der Waals surface area contributed by atoms with Crippen molar-refractivity contribution in [2.75, 3.05) is 11.9 Å². The normalized spacial score (nSPS) is 15.2. The fourth-order valence-electron chi connectivity index (χ4n) is 2.86. The number of nitrogens with one attached hydrogen (secondary N) is 1. The van der Waals surface area contributed by atoms with Gasteiger partial charge in [-0.2, -0.15) is 0 Å². The standard InChI is InChI=1S/C17H19FN2/c1-12(19-2)15-8-5-9-16(18)17(15)20-10-13-6-3-4-7-14(13)11-20/h3-9,12,19H,10-11H2,1-2H3. The summed E-state index contributed by atoms with van der Waals surface area (Å²) >= 11 is 0. The van der Waals surface area contributed by atoms with Crippen LogP contribution in [0.4, 0.5) is 10.1 Å². The van der Waals surface area contributed by atoms with Gasteiger partial charge in [-0.05, 0) is 36.7 Å².